The summed E-state index contributed by atoms with van der Waals surface area (Å²) in [4.78, 5) is 29.3. The van der Waals surface area contributed by atoms with Gasteiger partial charge in [0.25, 0.3) is 11.5 Å². The van der Waals surface area contributed by atoms with E-state index in [0.29, 0.717) is 35.9 Å². The second kappa shape index (κ2) is 11.8. The van der Waals surface area contributed by atoms with E-state index in [1.165, 1.54) is 25.6 Å². The first kappa shape index (κ1) is 25.3. The molecular formula is C27H26N6O4. The first-order valence-corrected chi connectivity index (χ1v) is 11.5. The molecule has 1 aromatic carbocycles. The summed E-state index contributed by atoms with van der Waals surface area (Å²) < 4.78 is 12.3. The minimum atomic E-state index is -0.363. The molecule has 0 aliphatic carbocycles. The highest BCUT2D eigenvalue weighted by atomic mass is 16.5. The number of hydrogen-bond acceptors (Lipinski definition) is 7. The summed E-state index contributed by atoms with van der Waals surface area (Å²) in [5, 5.41) is 19.3. The summed E-state index contributed by atoms with van der Waals surface area (Å²) in [5.74, 6) is -0.253. The molecule has 4 rings (SSSR count). The van der Waals surface area contributed by atoms with Gasteiger partial charge in [-0.1, -0.05) is 30.3 Å². The average molecular weight is 499 g/mol. The number of aromatic nitrogens is 4. The van der Waals surface area contributed by atoms with E-state index >= 15 is 0 Å². The zero-order chi connectivity index (χ0) is 26.2. The third kappa shape index (κ3) is 5.74. The summed E-state index contributed by atoms with van der Waals surface area (Å²) >= 11 is 0. The first-order chi connectivity index (χ1) is 18.0. The van der Waals surface area contributed by atoms with E-state index < -0.39 is 0 Å². The zero-order valence-corrected chi connectivity index (χ0v) is 20.5. The van der Waals surface area contributed by atoms with Crippen LogP contribution in [0.4, 0.5) is 0 Å². The Kier molecular flexibility index (Phi) is 8.08. The van der Waals surface area contributed by atoms with Gasteiger partial charge in [0, 0.05) is 31.5 Å². The van der Waals surface area contributed by atoms with Gasteiger partial charge in [-0.2, -0.15) is 10.4 Å². The van der Waals surface area contributed by atoms with Gasteiger partial charge < -0.3 is 19.4 Å². The maximum absolute atomic E-state index is 13.1. The van der Waals surface area contributed by atoms with Gasteiger partial charge in [-0.3, -0.25) is 19.7 Å². The number of H-pyrrole nitrogens is 1. The van der Waals surface area contributed by atoms with Gasteiger partial charge in [0.2, 0.25) is 0 Å². The van der Waals surface area contributed by atoms with E-state index in [-0.39, 0.29) is 29.5 Å². The van der Waals surface area contributed by atoms with Crippen LogP contribution in [0, 0.1) is 11.3 Å². The van der Waals surface area contributed by atoms with Crippen LogP contribution in [-0.2, 0) is 17.8 Å². The number of carbonyl (C=O) groups is 1. The Hall–Kier alpha value is -4.75. The molecule has 0 saturated heterocycles. The lowest BCUT2D eigenvalue weighted by Crippen LogP contribution is -2.25. The minimum Gasteiger partial charge on any atom is -0.495 e. The van der Waals surface area contributed by atoms with Crippen LogP contribution in [0.3, 0.4) is 0 Å². The van der Waals surface area contributed by atoms with Crippen LogP contribution in [0.1, 0.15) is 44.4 Å². The molecule has 0 spiro atoms. The fourth-order valence-electron chi connectivity index (χ4n) is 4.07. The lowest BCUT2D eigenvalue weighted by molar-refractivity contribution is 0.0948. The zero-order valence-electron chi connectivity index (χ0n) is 20.5. The van der Waals surface area contributed by atoms with Gasteiger partial charge in [-0.05, 0) is 23.3 Å². The second-order valence-electron chi connectivity index (χ2n) is 8.24. The van der Waals surface area contributed by atoms with Crippen molar-refractivity contribution in [2.24, 2.45) is 0 Å². The molecule has 10 heteroatoms. The molecule has 37 heavy (non-hydrogen) atoms. The molecule has 2 N–H and O–H groups in total. The van der Waals surface area contributed by atoms with E-state index in [2.05, 4.69) is 26.6 Å². The van der Waals surface area contributed by atoms with Crippen molar-refractivity contribution < 1.29 is 14.3 Å². The van der Waals surface area contributed by atoms with Crippen molar-refractivity contribution in [1.29, 1.82) is 5.26 Å². The second-order valence-corrected chi connectivity index (χ2v) is 8.24. The molecular weight excluding hydrogens is 472 g/mol. The Morgan fingerprint density at radius 2 is 2.00 bits per heavy atom. The number of rotatable bonds is 10. The van der Waals surface area contributed by atoms with Crippen molar-refractivity contribution in [3.63, 3.8) is 0 Å². The lowest BCUT2D eigenvalue weighted by Gasteiger charge is -2.17. The van der Waals surface area contributed by atoms with Crippen LogP contribution in [0.25, 0.3) is 0 Å². The Morgan fingerprint density at radius 1 is 1.19 bits per heavy atom. The predicted molar refractivity (Wildman–Crippen MR) is 135 cm³/mol. The Morgan fingerprint density at radius 3 is 2.70 bits per heavy atom. The van der Waals surface area contributed by atoms with Crippen LogP contribution in [0.5, 0.6) is 5.75 Å². The maximum atomic E-state index is 13.1. The molecule has 10 nitrogen and oxygen atoms in total. The van der Waals surface area contributed by atoms with Gasteiger partial charge in [0.05, 0.1) is 50.0 Å². The summed E-state index contributed by atoms with van der Waals surface area (Å²) in [5.41, 5.74) is 3.46. The highest BCUT2D eigenvalue weighted by molar-refractivity contribution is 5.95. The summed E-state index contributed by atoms with van der Waals surface area (Å²) in [6.07, 6.45) is 4.74. The quantitative estimate of drug-likeness (QED) is 0.343. The number of benzene rings is 1. The Balaban J connectivity index is 1.53. The van der Waals surface area contributed by atoms with E-state index in [9.17, 15) is 14.9 Å². The fraction of sp³-hybridized carbons (Fsp3) is 0.222. The SMILES string of the molecule is COCC(c1ccc(Cn2ccccc2=O)cc1)c1[nH]ncc1C(=O)NCc1nccc(OC)c1C#N. The molecule has 0 aliphatic rings. The number of nitrogens with zero attached hydrogens (tertiary/aromatic N) is 4. The number of aromatic amines is 1. The minimum absolute atomic E-state index is 0.0477. The maximum Gasteiger partial charge on any atom is 0.255 e. The first-order valence-electron chi connectivity index (χ1n) is 11.5. The van der Waals surface area contributed by atoms with E-state index in [4.69, 9.17) is 9.47 Å². The predicted octanol–water partition coefficient (Wildman–Crippen LogP) is 2.60. The van der Waals surface area contributed by atoms with Gasteiger partial charge in [-0.25, -0.2) is 0 Å². The summed E-state index contributed by atoms with van der Waals surface area (Å²) in [6.45, 7) is 0.817. The molecule has 0 aliphatic heterocycles. The number of amides is 1. The molecule has 1 atom stereocenters. The normalized spacial score (nSPS) is 11.5. The van der Waals surface area contributed by atoms with Crippen LogP contribution in [0.2, 0.25) is 0 Å². The van der Waals surface area contributed by atoms with Gasteiger partial charge >= 0.3 is 0 Å². The van der Waals surface area contributed by atoms with Crippen LogP contribution < -0.4 is 15.6 Å². The van der Waals surface area contributed by atoms with Gasteiger partial charge in [0.15, 0.2) is 0 Å². The highest BCUT2D eigenvalue weighted by Crippen LogP contribution is 2.27. The third-order valence-corrected chi connectivity index (χ3v) is 5.97. The molecule has 3 aromatic heterocycles. The number of ether oxygens (including phenoxy) is 2. The van der Waals surface area contributed by atoms with E-state index in [1.54, 1.807) is 30.0 Å². The topological polar surface area (TPSA) is 135 Å². The molecule has 4 aromatic rings. The van der Waals surface area contributed by atoms with E-state index in [1.807, 2.05) is 30.3 Å². The molecule has 0 radical (unpaired) electrons. The molecule has 188 valence electrons. The molecule has 0 fully saturated rings. The number of methoxy groups -OCH3 is 2. The molecule has 0 saturated carbocycles. The van der Waals surface area contributed by atoms with Crippen molar-refractivity contribution >= 4 is 5.91 Å². The third-order valence-electron chi connectivity index (χ3n) is 5.97. The van der Waals surface area contributed by atoms with Crippen molar-refractivity contribution in [2.75, 3.05) is 20.8 Å². The standard InChI is InChI=1S/C27H26N6O4/c1-36-17-22(19-8-6-18(7-9-19)16-33-12-4-3-5-25(33)34)26-21(14-31-32-26)27(35)30-15-23-20(13-28)24(37-2)10-11-29-23/h3-12,14,22H,15-17H2,1-2H3,(H,30,35)(H,31,32). The molecule has 1 unspecified atom stereocenters. The number of nitriles is 1. The molecule has 3 heterocycles. The monoisotopic (exact) mass is 498 g/mol. The van der Waals surface area contributed by atoms with Crippen molar-refractivity contribution in [1.82, 2.24) is 25.1 Å². The fourth-order valence-corrected chi connectivity index (χ4v) is 4.07. The number of pyridine rings is 2. The smallest absolute Gasteiger partial charge is 0.255 e. The lowest BCUT2D eigenvalue weighted by atomic mass is 9.93. The van der Waals surface area contributed by atoms with Crippen LogP contribution >= 0.6 is 0 Å². The molecule has 1 amide bonds. The largest absolute Gasteiger partial charge is 0.495 e. The summed E-state index contributed by atoms with van der Waals surface area (Å²) in [7, 11) is 3.07. The van der Waals surface area contributed by atoms with Gasteiger partial charge in [-0.15, -0.1) is 0 Å². The number of nitrogens with one attached hydrogen (secondary N) is 2. The van der Waals surface area contributed by atoms with Crippen molar-refractivity contribution in [3.05, 3.63) is 111 Å². The van der Waals surface area contributed by atoms with Crippen molar-refractivity contribution in [3.8, 4) is 11.8 Å². The number of hydrogen-bond donors (Lipinski definition) is 2. The van der Waals surface area contributed by atoms with Gasteiger partial charge in [0.1, 0.15) is 17.4 Å². The Bertz CT molecular complexity index is 1470. The van der Waals surface area contributed by atoms with Crippen molar-refractivity contribution in [2.45, 2.75) is 19.0 Å². The van der Waals surface area contributed by atoms with Crippen LogP contribution in [0.15, 0.2) is 71.9 Å². The number of carbonyl (C=O) groups excluding carboxylic acids is 1. The van der Waals surface area contributed by atoms with E-state index in [0.717, 1.165) is 11.1 Å². The van der Waals surface area contributed by atoms with Crippen LogP contribution in [-0.4, -0.2) is 46.5 Å². The Labute approximate surface area is 213 Å². The average Bonchev–Trinajstić information content (AvgIpc) is 3.41. The highest BCUT2D eigenvalue weighted by Gasteiger charge is 2.24. The summed E-state index contributed by atoms with van der Waals surface area (Å²) in [6, 6.07) is 16.5. The molecule has 0 bridgehead atoms.